The van der Waals surface area contributed by atoms with Crippen LogP contribution in [-0.4, -0.2) is 36.3 Å². The molecule has 164 valence electrons. The van der Waals surface area contributed by atoms with Crippen LogP contribution in [0.15, 0.2) is 82.3 Å². The number of aliphatic hydroxyl groups is 1. The molecule has 1 N–H and O–H groups in total. The van der Waals surface area contributed by atoms with Gasteiger partial charge >= 0.3 is 0 Å². The number of aliphatic hydroxyl groups excluding tert-OH is 1. The molecule has 1 heterocycles. The van der Waals surface area contributed by atoms with Crippen LogP contribution in [-0.2, 0) is 15.0 Å². The van der Waals surface area contributed by atoms with E-state index in [0.29, 0.717) is 5.69 Å². The second-order valence-corrected chi connectivity index (χ2v) is 9.69. The maximum atomic E-state index is 14.1. The summed E-state index contributed by atoms with van der Waals surface area (Å²) in [5.74, 6) is -1.65. The molecule has 3 aromatic rings. The third-order valence-electron chi connectivity index (χ3n) is 7.29. The SMILES string of the molecule is O=C1[C@@H]2[C@@H](C(=O)N1c1ccc(Br)cc1)C1c3ccccc3C2(C=NCCO)c2ccccc21. The zero-order valence-electron chi connectivity index (χ0n) is 17.7. The standard InChI is InChI=1S/C27H21BrN2O3/c28-16-9-11-17(12-10-16)30-25(32)23-22-18-5-1-3-7-20(18)27(15-29-13-14-31,24(23)26(30)33)21-8-4-2-6-19(21)22/h1-12,15,22-24,31H,13-14H2/t22?,23-,24-,27?/m0/s1. The monoisotopic (exact) mass is 500 g/mol. The van der Waals surface area contributed by atoms with Crippen molar-refractivity contribution < 1.29 is 14.7 Å². The quantitative estimate of drug-likeness (QED) is 0.433. The van der Waals surface area contributed by atoms with Crippen molar-refractivity contribution in [2.75, 3.05) is 18.1 Å². The van der Waals surface area contributed by atoms with Crippen LogP contribution in [0.2, 0.25) is 0 Å². The molecule has 2 bridgehead atoms. The number of carbonyl (C=O) groups excluding carboxylic acids is 2. The van der Waals surface area contributed by atoms with E-state index in [9.17, 15) is 14.7 Å². The van der Waals surface area contributed by atoms with Gasteiger partial charge in [-0.15, -0.1) is 0 Å². The maximum Gasteiger partial charge on any atom is 0.239 e. The van der Waals surface area contributed by atoms with E-state index < -0.39 is 17.3 Å². The largest absolute Gasteiger partial charge is 0.394 e. The van der Waals surface area contributed by atoms with Crippen molar-refractivity contribution in [3.05, 3.63) is 99.5 Å². The fourth-order valence-corrected chi connectivity index (χ4v) is 6.43. The number of amides is 2. The van der Waals surface area contributed by atoms with Gasteiger partial charge in [0, 0.05) is 16.6 Å². The number of nitrogens with zero attached hydrogens (tertiary/aromatic N) is 2. The molecule has 2 amide bonds. The minimum atomic E-state index is -0.862. The average Bonchev–Trinajstić information content (AvgIpc) is 3.11. The molecule has 0 aromatic heterocycles. The van der Waals surface area contributed by atoms with Gasteiger partial charge in [0.2, 0.25) is 11.8 Å². The first-order valence-electron chi connectivity index (χ1n) is 11.0. The normalized spacial score (nSPS) is 27.1. The van der Waals surface area contributed by atoms with Gasteiger partial charge in [-0.2, -0.15) is 0 Å². The highest BCUT2D eigenvalue weighted by molar-refractivity contribution is 9.10. The molecular weight excluding hydrogens is 480 g/mol. The molecule has 0 spiro atoms. The molecule has 5 nitrogen and oxygen atoms in total. The minimum Gasteiger partial charge on any atom is -0.394 e. The summed E-state index contributed by atoms with van der Waals surface area (Å²) < 4.78 is 0.884. The van der Waals surface area contributed by atoms with Crippen LogP contribution in [0, 0.1) is 11.8 Å². The summed E-state index contributed by atoms with van der Waals surface area (Å²) in [7, 11) is 0. The van der Waals surface area contributed by atoms with Gasteiger partial charge in [-0.1, -0.05) is 64.5 Å². The van der Waals surface area contributed by atoms with Gasteiger partial charge in [0.15, 0.2) is 0 Å². The first kappa shape index (κ1) is 20.5. The van der Waals surface area contributed by atoms with Gasteiger partial charge in [0.1, 0.15) is 0 Å². The van der Waals surface area contributed by atoms with Crippen LogP contribution in [0.1, 0.15) is 28.2 Å². The van der Waals surface area contributed by atoms with Gasteiger partial charge < -0.3 is 5.11 Å². The lowest BCUT2D eigenvalue weighted by Gasteiger charge is -2.52. The van der Waals surface area contributed by atoms with Gasteiger partial charge in [-0.3, -0.25) is 14.6 Å². The van der Waals surface area contributed by atoms with Gasteiger partial charge in [-0.25, -0.2) is 4.90 Å². The third-order valence-corrected chi connectivity index (χ3v) is 7.82. The minimum absolute atomic E-state index is 0.0789. The summed E-state index contributed by atoms with van der Waals surface area (Å²) in [6, 6.07) is 23.5. The van der Waals surface area contributed by atoms with E-state index in [1.54, 1.807) is 12.1 Å². The third kappa shape index (κ3) is 2.65. The highest BCUT2D eigenvalue weighted by Gasteiger charge is 2.67. The molecule has 0 radical (unpaired) electrons. The molecule has 33 heavy (non-hydrogen) atoms. The summed E-state index contributed by atoms with van der Waals surface area (Å²) in [6.45, 7) is 0.163. The summed E-state index contributed by atoms with van der Waals surface area (Å²) >= 11 is 3.43. The van der Waals surface area contributed by atoms with Crippen LogP contribution >= 0.6 is 15.9 Å². The molecule has 4 aliphatic rings. The second kappa shape index (κ2) is 7.47. The lowest BCUT2D eigenvalue weighted by atomic mass is 9.47. The van der Waals surface area contributed by atoms with Crippen molar-refractivity contribution in [3.63, 3.8) is 0 Å². The molecule has 1 aliphatic heterocycles. The van der Waals surface area contributed by atoms with E-state index in [0.717, 1.165) is 26.7 Å². The molecule has 0 unspecified atom stereocenters. The van der Waals surface area contributed by atoms with Crippen LogP contribution in [0.3, 0.4) is 0 Å². The van der Waals surface area contributed by atoms with Gasteiger partial charge in [-0.05, 0) is 46.5 Å². The Morgan fingerprint density at radius 2 is 1.52 bits per heavy atom. The predicted octanol–water partition coefficient (Wildman–Crippen LogP) is 4.06. The fourth-order valence-electron chi connectivity index (χ4n) is 6.16. The highest BCUT2D eigenvalue weighted by atomic mass is 79.9. The van der Waals surface area contributed by atoms with Crippen LogP contribution in [0.4, 0.5) is 5.69 Å². The smallest absolute Gasteiger partial charge is 0.239 e. The lowest BCUT2D eigenvalue weighted by molar-refractivity contribution is -0.122. The number of halogens is 1. The van der Waals surface area contributed by atoms with Gasteiger partial charge in [0.05, 0.1) is 36.1 Å². The molecule has 0 saturated carbocycles. The highest BCUT2D eigenvalue weighted by Crippen LogP contribution is 2.63. The van der Waals surface area contributed by atoms with E-state index in [1.807, 2.05) is 42.6 Å². The summed E-state index contributed by atoms with van der Waals surface area (Å²) in [5.41, 5.74) is 3.92. The number of hydrogen-bond acceptors (Lipinski definition) is 4. The van der Waals surface area contributed by atoms with Crippen molar-refractivity contribution in [2.45, 2.75) is 11.3 Å². The zero-order chi connectivity index (χ0) is 22.7. The number of aliphatic imine (C=N–C) groups is 1. The topological polar surface area (TPSA) is 70.0 Å². The Balaban J connectivity index is 1.63. The van der Waals surface area contributed by atoms with Gasteiger partial charge in [0.25, 0.3) is 0 Å². The summed E-state index contributed by atoms with van der Waals surface area (Å²) in [6.07, 6.45) is 1.82. The molecule has 7 rings (SSSR count). The van der Waals surface area contributed by atoms with Crippen LogP contribution < -0.4 is 4.90 Å². The Kier molecular flexibility index (Phi) is 4.64. The Hall–Kier alpha value is -3.09. The lowest BCUT2D eigenvalue weighted by Crippen LogP contribution is -2.54. The Bertz CT molecular complexity index is 1270. The van der Waals surface area contributed by atoms with Crippen LogP contribution in [0.25, 0.3) is 0 Å². The van der Waals surface area contributed by atoms with Crippen molar-refractivity contribution in [1.82, 2.24) is 0 Å². The predicted molar refractivity (Wildman–Crippen MR) is 130 cm³/mol. The van der Waals surface area contributed by atoms with E-state index in [-0.39, 0.29) is 30.9 Å². The number of hydrogen-bond donors (Lipinski definition) is 1. The van der Waals surface area contributed by atoms with Crippen molar-refractivity contribution >= 4 is 39.6 Å². The first-order valence-corrected chi connectivity index (χ1v) is 11.8. The second-order valence-electron chi connectivity index (χ2n) is 8.77. The first-order chi connectivity index (χ1) is 16.1. The number of carbonyl (C=O) groups is 2. The summed E-state index contributed by atoms with van der Waals surface area (Å²) in [5, 5.41) is 9.40. The van der Waals surface area contributed by atoms with E-state index >= 15 is 0 Å². The molecular formula is C27H21BrN2O3. The number of benzene rings is 3. The maximum absolute atomic E-state index is 14.1. The summed E-state index contributed by atoms with van der Waals surface area (Å²) in [4.78, 5) is 33.9. The number of rotatable bonds is 4. The molecule has 1 fully saturated rings. The molecule has 3 aliphatic carbocycles. The van der Waals surface area contributed by atoms with E-state index in [4.69, 9.17) is 0 Å². The van der Waals surface area contributed by atoms with E-state index in [2.05, 4.69) is 45.2 Å². The van der Waals surface area contributed by atoms with E-state index in [1.165, 1.54) is 4.90 Å². The Morgan fingerprint density at radius 1 is 0.909 bits per heavy atom. The van der Waals surface area contributed by atoms with Crippen LogP contribution in [0.5, 0.6) is 0 Å². The number of imide groups is 1. The Labute approximate surface area is 199 Å². The van der Waals surface area contributed by atoms with Crippen molar-refractivity contribution in [2.24, 2.45) is 16.8 Å². The van der Waals surface area contributed by atoms with Crippen molar-refractivity contribution in [3.8, 4) is 0 Å². The molecule has 2 atom stereocenters. The van der Waals surface area contributed by atoms with Crippen molar-refractivity contribution in [1.29, 1.82) is 0 Å². The molecule has 1 saturated heterocycles. The molecule has 6 heteroatoms. The number of anilines is 1. The Morgan fingerprint density at radius 3 is 2.12 bits per heavy atom. The zero-order valence-corrected chi connectivity index (χ0v) is 19.3. The molecule has 3 aromatic carbocycles. The fraction of sp³-hybridized carbons (Fsp3) is 0.222. The average molecular weight is 501 g/mol.